The van der Waals surface area contributed by atoms with Gasteiger partial charge in [0.05, 0.1) is 4.90 Å². The number of rotatable bonds is 8. The third-order valence-corrected chi connectivity index (χ3v) is 5.30. The van der Waals surface area contributed by atoms with Crippen LogP contribution in [0.1, 0.15) is 45.4 Å². The fourth-order valence-electron chi connectivity index (χ4n) is 2.44. The zero-order chi connectivity index (χ0) is 16.2. The molecular formula is C16H24N2O3S. The van der Waals surface area contributed by atoms with Crippen molar-refractivity contribution in [3.05, 3.63) is 24.1 Å². The molecule has 0 amide bonds. The molecule has 0 aliphatic heterocycles. The molecular weight excluding hydrogens is 300 g/mol. The Morgan fingerprint density at radius 3 is 2.77 bits per heavy atom. The van der Waals surface area contributed by atoms with Crippen molar-refractivity contribution in [2.75, 3.05) is 6.54 Å². The highest BCUT2D eigenvalue weighted by molar-refractivity contribution is 7.89. The van der Waals surface area contributed by atoms with Crippen LogP contribution in [-0.4, -0.2) is 19.9 Å². The number of sulfonamides is 1. The van der Waals surface area contributed by atoms with Crippen molar-refractivity contribution in [3.8, 4) is 0 Å². The van der Waals surface area contributed by atoms with E-state index in [-0.39, 0.29) is 4.90 Å². The van der Waals surface area contributed by atoms with Crippen molar-refractivity contribution in [3.63, 3.8) is 0 Å². The number of aryl methyl sites for hydroxylation is 1. The first-order valence-corrected chi connectivity index (χ1v) is 9.31. The highest BCUT2D eigenvalue weighted by Crippen LogP contribution is 2.20. The molecule has 0 aliphatic rings. The SMILES string of the molecule is CCCCC(CC)CNS(=O)(=O)c1ccc2nc(C)oc2c1. The van der Waals surface area contributed by atoms with Gasteiger partial charge in [0.2, 0.25) is 10.0 Å². The van der Waals surface area contributed by atoms with Crippen LogP contribution in [0, 0.1) is 12.8 Å². The molecule has 0 saturated carbocycles. The lowest BCUT2D eigenvalue weighted by molar-refractivity contribution is 0.443. The largest absolute Gasteiger partial charge is 0.441 e. The molecule has 0 spiro atoms. The van der Waals surface area contributed by atoms with E-state index in [1.165, 1.54) is 6.07 Å². The van der Waals surface area contributed by atoms with Gasteiger partial charge in [-0.25, -0.2) is 18.1 Å². The summed E-state index contributed by atoms with van der Waals surface area (Å²) in [6.45, 7) is 6.46. The van der Waals surface area contributed by atoms with Crippen LogP contribution in [0.2, 0.25) is 0 Å². The van der Waals surface area contributed by atoms with Crippen LogP contribution in [0.3, 0.4) is 0 Å². The summed E-state index contributed by atoms with van der Waals surface area (Å²) in [4.78, 5) is 4.40. The molecule has 1 atom stereocenters. The number of hydrogen-bond acceptors (Lipinski definition) is 4. The van der Waals surface area contributed by atoms with Gasteiger partial charge in [-0.05, 0) is 24.5 Å². The maximum atomic E-state index is 12.4. The van der Waals surface area contributed by atoms with Crippen LogP contribution < -0.4 is 4.72 Å². The number of oxazole rings is 1. The summed E-state index contributed by atoms with van der Waals surface area (Å²) in [7, 11) is -3.51. The molecule has 0 fully saturated rings. The number of nitrogens with one attached hydrogen (secondary N) is 1. The fourth-order valence-corrected chi connectivity index (χ4v) is 3.57. The second-order valence-corrected chi connectivity index (χ2v) is 7.40. The molecule has 6 heteroatoms. The first-order valence-electron chi connectivity index (χ1n) is 7.83. The Bertz CT molecular complexity index is 722. The summed E-state index contributed by atoms with van der Waals surface area (Å²) in [6.07, 6.45) is 4.28. The standard InChI is InChI=1S/C16H24N2O3S/c1-4-6-7-13(5-2)11-17-22(19,20)14-8-9-15-16(10-14)21-12(3)18-15/h8-10,13,17H,4-7,11H2,1-3H3. The average molecular weight is 324 g/mol. The van der Waals surface area contributed by atoms with Gasteiger partial charge in [0.1, 0.15) is 5.52 Å². The van der Waals surface area contributed by atoms with Gasteiger partial charge in [-0.1, -0.05) is 33.1 Å². The number of unbranched alkanes of at least 4 members (excludes halogenated alkanes) is 1. The number of aromatic nitrogens is 1. The molecule has 0 bridgehead atoms. The van der Waals surface area contributed by atoms with Gasteiger partial charge in [-0.3, -0.25) is 0 Å². The maximum Gasteiger partial charge on any atom is 0.240 e. The van der Waals surface area contributed by atoms with E-state index in [2.05, 4.69) is 23.6 Å². The van der Waals surface area contributed by atoms with Crippen LogP contribution >= 0.6 is 0 Å². The van der Waals surface area contributed by atoms with Gasteiger partial charge in [-0.15, -0.1) is 0 Å². The fraction of sp³-hybridized carbons (Fsp3) is 0.562. The molecule has 1 unspecified atom stereocenters. The Morgan fingerprint density at radius 2 is 2.09 bits per heavy atom. The van der Waals surface area contributed by atoms with Crippen LogP contribution in [0.4, 0.5) is 0 Å². The van der Waals surface area contributed by atoms with Gasteiger partial charge in [0.15, 0.2) is 11.5 Å². The van der Waals surface area contributed by atoms with E-state index in [9.17, 15) is 8.42 Å². The van der Waals surface area contributed by atoms with E-state index < -0.39 is 10.0 Å². The molecule has 1 aromatic carbocycles. The van der Waals surface area contributed by atoms with Gasteiger partial charge >= 0.3 is 0 Å². The van der Waals surface area contributed by atoms with Gasteiger partial charge in [0.25, 0.3) is 0 Å². The van der Waals surface area contributed by atoms with Crippen molar-refractivity contribution in [2.45, 2.75) is 51.3 Å². The zero-order valence-corrected chi connectivity index (χ0v) is 14.2. The van der Waals surface area contributed by atoms with Crippen LogP contribution in [0.5, 0.6) is 0 Å². The van der Waals surface area contributed by atoms with Gasteiger partial charge in [0, 0.05) is 19.5 Å². The minimum atomic E-state index is -3.51. The molecule has 1 N–H and O–H groups in total. The molecule has 0 aliphatic carbocycles. The third-order valence-electron chi connectivity index (χ3n) is 3.88. The summed E-state index contributed by atoms with van der Waals surface area (Å²) in [5.74, 6) is 0.911. The molecule has 22 heavy (non-hydrogen) atoms. The van der Waals surface area contributed by atoms with Crippen LogP contribution in [0.25, 0.3) is 11.1 Å². The van der Waals surface area contributed by atoms with E-state index in [1.807, 2.05) is 0 Å². The van der Waals surface area contributed by atoms with Crippen molar-refractivity contribution >= 4 is 21.1 Å². The monoisotopic (exact) mass is 324 g/mol. The molecule has 1 aromatic heterocycles. The Kier molecular flexibility index (Phi) is 5.58. The normalized spacial score (nSPS) is 13.6. The molecule has 0 radical (unpaired) electrons. The van der Waals surface area contributed by atoms with Gasteiger partial charge in [-0.2, -0.15) is 0 Å². The average Bonchev–Trinajstić information content (AvgIpc) is 2.86. The van der Waals surface area contributed by atoms with Gasteiger partial charge < -0.3 is 4.42 Å². The molecule has 122 valence electrons. The first-order chi connectivity index (χ1) is 10.5. The predicted octanol–water partition coefficient (Wildman–Crippen LogP) is 3.63. The maximum absolute atomic E-state index is 12.4. The topological polar surface area (TPSA) is 72.2 Å². The molecule has 2 rings (SSSR count). The minimum Gasteiger partial charge on any atom is -0.441 e. The number of fused-ring (bicyclic) bond motifs is 1. The van der Waals surface area contributed by atoms with Crippen LogP contribution in [0.15, 0.2) is 27.5 Å². The number of benzene rings is 1. The molecule has 1 heterocycles. The highest BCUT2D eigenvalue weighted by atomic mass is 32.2. The number of nitrogens with zero attached hydrogens (tertiary/aromatic N) is 1. The van der Waals surface area contributed by atoms with Crippen molar-refractivity contribution in [1.29, 1.82) is 0 Å². The van der Waals surface area contributed by atoms with E-state index in [0.717, 1.165) is 25.7 Å². The number of hydrogen-bond donors (Lipinski definition) is 1. The Balaban J connectivity index is 2.10. The second-order valence-electron chi connectivity index (χ2n) is 5.63. The van der Waals surface area contributed by atoms with Crippen molar-refractivity contribution < 1.29 is 12.8 Å². The Morgan fingerprint density at radius 1 is 1.32 bits per heavy atom. The second kappa shape index (κ2) is 7.24. The van der Waals surface area contributed by atoms with E-state index in [4.69, 9.17) is 4.42 Å². The van der Waals surface area contributed by atoms with E-state index in [0.29, 0.717) is 29.5 Å². The van der Waals surface area contributed by atoms with E-state index in [1.54, 1.807) is 19.1 Å². The zero-order valence-electron chi connectivity index (χ0n) is 13.4. The summed E-state index contributed by atoms with van der Waals surface area (Å²) in [5, 5.41) is 0. The Hall–Kier alpha value is -1.40. The highest BCUT2D eigenvalue weighted by Gasteiger charge is 2.17. The van der Waals surface area contributed by atoms with Crippen LogP contribution in [-0.2, 0) is 10.0 Å². The predicted molar refractivity (Wildman–Crippen MR) is 87.2 cm³/mol. The summed E-state index contributed by atoms with van der Waals surface area (Å²) < 4.78 is 32.9. The summed E-state index contributed by atoms with van der Waals surface area (Å²) >= 11 is 0. The lowest BCUT2D eigenvalue weighted by Crippen LogP contribution is -2.29. The molecule has 0 saturated heterocycles. The summed E-state index contributed by atoms with van der Waals surface area (Å²) in [5.41, 5.74) is 1.17. The van der Waals surface area contributed by atoms with Crippen molar-refractivity contribution in [1.82, 2.24) is 9.71 Å². The third kappa shape index (κ3) is 4.08. The minimum absolute atomic E-state index is 0.224. The lowest BCUT2D eigenvalue weighted by atomic mass is 10.00. The smallest absolute Gasteiger partial charge is 0.240 e. The quantitative estimate of drug-likeness (QED) is 0.805. The Labute approximate surface area is 132 Å². The van der Waals surface area contributed by atoms with Crippen molar-refractivity contribution in [2.24, 2.45) is 5.92 Å². The molecule has 5 nitrogen and oxygen atoms in total. The lowest BCUT2D eigenvalue weighted by Gasteiger charge is -2.15. The molecule has 2 aromatic rings. The summed E-state index contributed by atoms with van der Waals surface area (Å²) in [6, 6.07) is 4.78. The van der Waals surface area contributed by atoms with E-state index >= 15 is 0 Å². The first kappa shape index (κ1) is 17.0.